The molecule has 0 aromatic heterocycles. The third-order valence-electron chi connectivity index (χ3n) is 3.07. The lowest BCUT2D eigenvalue weighted by atomic mass is 10.1. The number of nitrogens with one attached hydrogen (secondary N) is 1. The fourth-order valence-corrected chi connectivity index (χ4v) is 2.14. The molecule has 0 radical (unpaired) electrons. The van der Waals surface area contributed by atoms with E-state index in [0.717, 1.165) is 18.4 Å². The van der Waals surface area contributed by atoms with Crippen molar-refractivity contribution in [1.29, 1.82) is 0 Å². The lowest BCUT2D eigenvalue weighted by Crippen LogP contribution is -2.39. The summed E-state index contributed by atoms with van der Waals surface area (Å²) in [4.78, 5) is 0. The Labute approximate surface area is 97.5 Å². The Morgan fingerprint density at radius 1 is 1.35 bits per heavy atom. The van der Waals surface area contributed by atoms with E-state index >= 15 is 0 Å². The van der Waals surface area contributed by atoms with Gasteiger partial charge in [0.05, 0.1) is 0 Å². The molecule has 2 N–H and O–H groups in total. The van der Waals surface area contributed by atoms with Gasteiger partial charge in [-0.1, -0.05) is 24.3 Å². The second kappa shape index (κ2) is 4.66. The van der Waals surface area contributed by atoms with E-state index in [1.54, 1.807) is 0 Å². The van der Waals surface area contributed by atoms with E-state index in [-0.39, 0.29) is 6.04 Å². The molecule has 2 atom stereocenters. The molecule has 0 saturated carbocycles. The molecule has 0 bridgehead atoms. The standard InChI is InChI=1S/C12H14F3NO/c13-12(14,15)11(17)7-16-10-6-5-8-3-1-2-4-9(8)10/h1-4,10-11,16-17H,5-7H2. The Morgan fingerprint density at radius 3 is 2.76 bits per heavy atom. The summed E-state index contributed by atoms with van der Waals surface area (Å²) in [6.07, 6.45) is -5.19. The molecule has 2 nitrogen and oxygen atoms in total. The van der Waals surface area contributed by atoms with Gasteiger partial charge in [0.25, 0.3) is 0 Å². The van der Waals surface area contributed by atoms with Crippen molar-refractivity contribution in [2.24, 2.45) is 0 Å². The normalized spacial score (nSPS) is 21.3. The van der Waals surface area contributed by atoms with Crippen molar-refractivity contribution < 1.29 is 18.3 Å². The van der Waals surface area contributed by atoms with Crippen LogP contribution in [0.1, 0.15) is 23.6 Å². The Hall–Kier alpha value is -1.07. The molecule has 1 aliphatic rings. The predicted octanol–water partition coefficient (Wildman–Crippen LogP) is 2.19. The van der Waals surface area contributed by atoms with Gasteiger partial charge in [0.15, 0.2) is 6.10 Å². The summed E-state index contributed by atoms with van der Waals surface area (Å²) in [5.41, 5.74) is 2.22. The smallest absolute Gasteiger partial charge is 0.382 e. The first-order chi connectivity index (χ1) is 7.98. The van der Waals surface area contributed by atoms with Crippen molar-refractivity contribution in [3.63, 3.8) is 0 Å². The summed E-state index contributed by atoms with van der Waals surface area (Å²) in [5.74, 6) is 0. The van der Waals surface area contributed by atoms with Gasteiger partial charge in [-0.25, -0.2) is 0 Å². The van der Waals surface area contributed by atoms with Crippen LogP contribution in [0.5, 0.6) is 0 Å². The number of aliphatic hydroxyl groups excluding tert-OH is 1. The molecule has 94 valence electrons. The predicted molar refractivity (Wildman–Crippen MR) is 57.6 cm³/mol. The molecule has 2 rings (SSSR count). The van der Waals surface area contributed by atoms with E-state index in [4.69, 9.17) is 5.11 Å². The summed E-state index contributed by atoms with van der Waals surface area (Å²) in [5, 5.41) is 11.7. The van der Waals surface area contributed by atoms with Gasteiger partial charge < -0.3 is 10.4 Å². The minimum Gasteiger partial charge on any atom is -0.382 e. The molecular weight excluding hydrogens is 231 g/mol. The van der Waals surface area contributed by atoms with E-state index in [2.05, 4.69) is 5.32 Å². The van der Waals surface area contributed by atoms with Gasteiger partial charge in [0, 0.05) is 12.6 Å². The second-order valence-corrected chi connectivity index (χ2v) is 4.26. The number of aliphatic hydroxyl groups is 1. The summed E-state index contributed by atoms with van der Waals surface area (Å²) in [7, 11) is 0. The summed E-state index contributed by atoms with van der Waals surface area (Å²) in [6, 6.07) is 7.62. The molecule has 1 aromatic carbocycles. The Kier molecular flexibility index (Phi) is 3.40. The molecule has 17 heavy (non-hydrogen) atoms. The van der Waals surface area contributed by atoms with Crippen LogP contribution in [0.15, 0.2) is 24.3 Å². The van der Waals surface area contributed by atoms with Crippen LogP contribution in [-0.4, -0.2) is 23.9 Å². The quantitative estimate of drug-likeness (QED) is 0.855. The number of alkyl halides is 3. The minimum atomic E-state index is -4.55. The molecule has 5 heteroatoms. The second-order valence-electron chi connectivity index (χ2n) is 4.26. The van der Waals surface area contributed by atoms with Crippen LogP contribution in [-0.2, 0) is 6.42 Å². The van der Waals surface area contributed by atoms with Crippen molar-refractivity contribution in [2.45, 2.75) is 31.2 Å². The Balaban J connectivity index is 1.94. The molecule has 0 spiro atoms. The zero-order chi connectivity index (χ0) is 12.5. The number of rotatable bonds is 3. The van der Waals surface area contributed by atoms with Crippen LogP contribution in [0.25, 0.3) is 0 Å². The van der Waals surface area contributed by atoms with E-state index in [0.29, 0.717) is 0 Å². The Bertz CT molecular complexity index is 392. The van der Waals surface area contributed by atoms with Crippen molar-refractivity contribution in [3.8, 4) is 0 Å². The van der Waals surface area contributed by atoms with Gasteiger partial charge in [-0.2, -0.15) is 13.2 Å². The molecule has 0 saturated heterocycles. The van der Waals surface area contributed by atoms with Crippen LogP contribution >= 0.6 is 0 Å². The first-order valence-corrected chi connectivity index (χ1v) is 5.54. The number of aryl methyl sites for hydroxylation is 1. The van der Waals surface area contributed by atoms with Gasteiger partial charge in [-0.3, -0.25) is 0 Å². The summed E-state index contributed by atoms with van der Waals surface area (Å²) < 4.78 is 36.4. The van der Waals surface area contributed by atoms with Crippen LogP contribution < -0.4 is 5.32 Å². The highest BCUT2D eigenvalue weighted by atomic mass is 19.4. The molecule has 1 aromatic rings. The number of halogens is 3. The number of hydrogen-bond donors (Lipinski definition) is 2. The first kappa shape index (κ1) is 12.4. The fourth-order valence-electron chi connectivity index (χ4n) is 2.14. The van der Waals surface area contributed by atoms with Crippen LogP contribution in [0, 0.1) is 0 Å². The largest absolute Gasteiger partial charge is 0.415 e. The van der Waals surface area contributed by atoms with E-state index < -0.39 is 18.8 Å². The van der Waals surface area contributed by atoms with Crippen LogP contribution in [0.3, 0.4) is 0 Å². The number of benzene rings is 1. The maximum atomic E-state index is 12.1. The molecule has 0 heterocycles. The number of hydrogen-bond acceptors (Lipinski definition) is 2. The first-order valence-electron chi connectivity index (χ1n) is 5.54. The van der Waals surface area contributed by atoms with Gasteiger partial charge in [0.2, 0.25) is 0 Å². The van der Waals surface area contributed by atoms with Gasteiger partial charge in [-0.15, -0.1) is 0 Å². The van der Waals surface area contributed by atoms with Crippen molar-refractivity contribution in [1.82, 2.24) is 5.32 Å². The third-order valence-corrected chi connectivity index (χ3v) is 3.07. The van der Waals surface area contributed by atoms with E-state index in [9.17, 15) is 13.2 Å². The molecule has 0 aliphatic heterocycles. The molecule has 0 fully saturated rings. The molecule has 1 aliphatic carbocycles. The van der Waals surface area contributed by atoms with Crippen molar-refractivity contribution in [2.75, 3.05) is 6.54 Å². The van der Waals surface area contributed by atoms with Gasteiger partial charge in [-0.05, 0) is 24.0 Å². The summed E-state index contributed by atoms with van der Waals surface area (Å²) >= 11 is 0. The van der Waals surface area contributed by atoms with Crippen molar-refractivity contribution in [3.05, 3.63) is 35.4 Å². The Morgan fingerprint density at radius 2 is 2.06 bits per heavy atom. The average molecular weight is 245 g/mol. The molecular formula is C12H14F3NO. The van der Waals surface area contributed by atoms with Gasteiger partial charge in [0.1, 0.15) is 0 Å². The average Bonchev–Trinajstić information content (AvgIpc) is 2.68. The monoisotopic (exact) mass is 245 g/mol. The lowest BCUT2D eigenvalue weighted by Gasteiger charge is -2.19. The highest BCUT2D eigenvalue weighted by Crippen LogP contribution is 2.31. The van der Waals surface area contributed by atoms with E-state index in [1.165, 1.54) is 5.56 Å². The highest BCUT2D eigenvalue weighted by molar-refractivity contribution is 5.34. The maximum Gasteiger partial charge on any atom is 0.415 e. The topological polar surface area (TPSA) is 32.3 Å². The van der Waals surface area contributed by atoms with Crippen molar-refractivity contribution >= 4 is 0 Å². The summed E-state index contributed by atoms with van der Waals surface area (Å²) in [6.45, 7) is -0.456. The van der Waals surface area contributed by atoms with Gasteiger partial charge >= 0.3 is 6.18 Å². The zero-order valence-electron chi connectivity index (χ0n) is 9.17. The lowest BCUT2D eigenvalue weighted by molar-refractivity contribution is -0.202. The van der Waals surface area contributed by atoms with Crippen LogP contribution in [0.2, 0.25) is 0 Å². The SMILES string of the molecule is OC(CNC1CCc2ccccc21)C(F)(F)F. The molecule has 2 unspecified atom stereocenters. The number of fused-ring (bicyclic) bond motifs is 1. The highest BCUT2D eigenvalue weighted by Gasteiger charge is 2.38. The van der Waals surface area contributed by atoms with Crippen LogP contribution in [0.4, 0.5) is 13.2 Å². The zero-order valence-corrected chi connectivity index (χ0v) is 9.17. The maximum absolute atomic E-state index is 12.1. The third kappa shape index (κ3) is 2.79. The molecule has 0 amide bonds. The minimum absolute atomic E-state index is 0.0804. The fraction of sp³-hybridized carbons (Fsp3) is 0.500. The van der Waals surface area contributed by atoms with E-state index in [1.807, 2.05) is 24.3 Å².